The number of rotatable bonds is 9. The highest BCUT2D eigenvalue weighted by Gasteiger charge is 2.52. The van der Waals surface area contributed by atoms with Crippen LogP contribution in [0, 0.1) is 5.92 Å². The first-order chi connectivity index (χ1) is 13.8. The van der Waals surface area contributed by atoms with Gasteiger partial charge in [-0.3, -0.25) is 4.79 Å². The van der Waals surface area contributed by atoms with Crippen LogP contribution in [-0.4, -0.2) is 73.2 Å². The molecule has 0 aromatic rings. The van der Waals surface area contributed by atoms with Gasteiger partial charge in [0.2, 0.25) is 0 Å². The van der Waals surface area contributed by atoms with E-state index in [0.29, 0.717) is 13.0 Å². The Morgan fingerprint density at radius 1 is 0.935 bits per heavy atom. The monoisotopic (exact) mass is 475 g/mol. The van der Waals surface area contributed by atoms with E-state index in [2.05, 4.69) is 74.7 Å². The summed E-state index contributed by atoms with van der Waals surface area (Å²) in [4.78, 5) is 14.1. The summed E-state index contributed by atoms with van der Waals surface area (Å²) in [5, 5.41) is 0.156. The average Bonchev–Trinajstić information content (AvgIpc) is 2.84. The van der Waals surface area contributed by atoms with Gasteiger partial charge in [-0.15, -0.1) is 0 Å². The molecule has 0 aromatic heterocycles. The second kappa shape index (κ2) is 10.3. The van der Waals surface area contributed by atoms with Gasteiger partial charge in [0.05, 0.1) is 12.5 Å². The molecule has 0 bridgehead atoms. The van der Waals surface area contributed by atoms with E-state index in [1.807, 2.05) is 19.0 Å². The molecular formula is C23H49NO5Si2. The van der Waals surface area contributed by atoms with Crippen LogP contribution in [0.25, 0.3) is 0 Å². The molecule has 1 rings (SSSR count). The second-order valence-corrected chi connectivity index (χ2v) is 21.9. The molecular weight excluding hydrogens is 426 g/mol. The van der Waals surface area contributed by atoms with Crippen molar-refractivity contribution in [2.24, 2.45) is 5.92 Å². The third kappa shape index (κ3) is 7.93. The molecule has 0 amide bonds. The van der Waals surface area contributed by atoms with Crippen LogP contribution >= 0.6 is 0 Å². The van der Waals surface area contributed by atoms with Crippen molar-refractivity contribution in [3.63, 3.8) is 0 Å². The number of carbonyl (C=O) groups excluding carboxylic acids is 1. The number of carbonyl (C=O) groups is 1. The van der Waals surface area contributed by atoms with Crippen molar-refractivity contribution in [1.29, 1.82) is 0 Å². The van der Waals surface area contributed by atoms with Crippen molar-refractivity contribution in [2.75, 3.05) is 27.2 Å². The smallest absolute Gasteiger partial charge is 0.307 e. The number of nitrogens with zero attached hydrogens (tertiary/aromatic N) is 1. The van der Waals surface area contributed by atoms with Gasteiger partial charge in [-0.25, -0.2) is 0 Å². The van der Waals surface area contributed by atoms with Gasteiger partial charge in [0, 0.05) is 12.5 Å². The van der Waals surface area contributed by atoms with Crippen molar-refractivity contribution < 1.29 is 23.1 Å². The summed E-state index contributed by atoms with van der Waals surface area (Å²) in [5.74, 6) is -0.120. The highest BCUT2D eigenvalue weighted by atomic mass is 28.4. The molecule has 0 aromatic carbocycles. The Kier molecular flexibility index (Phi) is 9.60. The van der Waals surface area contributed by atoms with Gasteiger partial charge in [-0.05, 0) is 50.4 Å². The molecule has 31 heavy (non-hydrogen) atoms. The normalized spacial score (nSPS) is 25.9. The first kappa shape index (κ1) is 28.8. The van der Waals surface area contributed by atoms with Crippen LogP contribution in [0.5, 0.6) is 0 Å². The maximum atomic E-state index is 12.1. The van der Waals surface area contributed by atoms with E-state index < -0.39 is 22.9 Å². The van der Waals surface area contributed by atoms with E-state index in [0.717, 1.165) is 0 Å². The number of hydrogen-bond donors (Lipinski definition) is 0. The number of esters is 1. The van der Waals surface area contributed by atoms with Crippen LogP contribution in [0.1, 0.15) is 54.9 Å². The zero-order chi connectivity index (χ0) is 24.4. The minimum absolute atomic E-state index is 0.0673. The topological polar surface area (TPSA) is 57.2 Å². The van der Waals surface area contributed by atoms with Crippen LogP contribution in [0.15, 0.2) is 0 Å². The summed E-state index contributed by atoms with van der Waals surface area (Å²) in [6, 6.07) is 0. The molecule has 1 aliphatic heterocycles. The third-order valence-corrected chi connectivity index (χ3v) is 16.2. The van der Waals surface area contributed by atoms with Crippen molar-refractivity contribution in [1.82, 2.24) is 4.90 Å². The predicted molar refractivity (Wildman–Crippen MR) is 132 cm³/mol. The van der Waals surface area contributed by atoms with E-state index in [-0.39, 0.29) is 40.8 Å². The lowest BCUT2D eigenvalue weighted by atomic mass is 10.0. The number of ether oxygens (including phenoxy) is 2. The third-order valence-electron chi connectivity index (χ3n) is 7.31. The zero-order valence-corrected chi connectivity index (χ0v) is 24.4. The maximum absolute atomic E-state index is 12.1. The van der Waals surface area contributed by atoms with Gasteiger partial charge in [-0.1, -0.05) is 48.5 Å². The number of hydrogen-bond acceptors (Lipinski definition) is 6. The molecule has 0 N–H and O–H groups in total. The molecule has 8 heteroatoms. The fourth-order valence-corrected chi connectivity index (χ4v) is 5.31. The fourth-order valence-electron chi connectivity index (χ4n) is 2.83. The van der Waals surface area contributed by atoms with E-state index in [4.69, 9.17) is 18.3 Å². The van der Waals surface area contributed by atoms with Crippen LogP contribution in [0.2, 0.25) is 36.3 Å². The Morgan fingerprint density at radius 2 is 1.42 bits per heavy atom. The lowest BCUT2D eigenvalue weighted by Gasteiger charge is -2.43. The fraction of sp³-hybridized carbons (Fsp3) is 0.957. The lowest BCUT2D eigenvalue weighted by molar-refractivity contribution is -0.154. The summed E-state index contributed by atoms with van der Waals surface area (Å²) < 4.78 is 25.4. The molecule has 4 atom stereocenters. The summed E-state index contributed by atoms with van der Waals surface area (Å²) >= 11 is 0. The first-order valence-electron chi connectivity index (χ1n) is 11.6. The van der Waals surface area contributed by atoms with Gasteiger partial charge in [0.1, 0.15) is 12.7 Å². The Hall–Kier alpha value is -0.256. The zero-order valence-electron chi connectivity index (χ0n) is 22.4. The summed E-state index contributed by atoms with van der Waals surface area (Å²) in [5.41, 5.74) is 0. The average molecular weight is 476 g/mol. The summed E-state index contributed by atoms with van der Waals surface area (Å²) in [6.07, 6.45) is -0.453. The maximum Gasteiger partial charge on any atom is 0.307 e. The van der Waals surface area contributed by atoms with Gasteiger partial charge in [0.25, 0.3) is 0 Å². The first-order valence-corrected chi connectivity index (χ1v) is 17.4. The van der Waals surface area contributed by atoms with Crippen molar-refractivity contribution in [2.45, 2.75) is 110 Å². The lowest BCUT2D eigenvalue weighted by Crippen LogP contribution is -2.51. The Bertz CT molecular complexity index is 596. The van der Waals surface area contributed by atoms with Gasteiger partial charge in [0.15, 0.2) is 22.9 Å². The molecule has 0 aliphatic carbocycles. The van der Waals surface area contributed by atoms with Crippen LogP contribution < -0.4 is 0 Å². The Morgan fingerprint density at radius 3 is 1.87 bits per heavy atom. The van der Waals surface area contributed by atoms with E-state index in [1.165, 1.54) is 0 Å². The molecule has 0 spiro atoms. The molecule has 1 unspecified atom stereocenters. The van der Waals surface area contributed by atoms with E-state index >= 15 is 0 Å². The SMILES string of the molecule is C[C@@H]1C(O[Si](C)(C)C(C)(C)C)[C@H](O[Si](C)(C)C(C)(C)C)O[C@@H]1COC(=O)CCN(C)C. The minimum Gasteiger partial charge on any atom is -0.463 e. The van der Waals surface area contributed by atoms with Crippen LogP contribution in [0.3, 0.4) is 0 Å². The van der Waals surface area contributed by atoms with Crippen molar-refractivity contribution in [3.8, 4) is 0 Å². The second-order valence-electron chi connectivity index (χ2n) is 12.4. The molecule has 6 nitrogen and oxygen atoms in total. The molecule has 184 valence electrons. The molecule has 1 fully saturated rings. The minimum atomic E-state index is -2.07. The highest BCUT2D eigenvalue weighted by Crippen LogP contribution is 2.44. The summed E-state index contributed by atoms with van der Waals surface area (Å²) in [7, 11) is -0.206. The Labute approximate surface area is 193 Å². The van der Waals surface area contributed by atoms with Gasteiger partial charge >= 0.3 is 5.97 Å². The molecule has 1 heterocycles. The predicted octanol–water partition coefficient (Wildman–Crippen LogP) is 5.25. The molecule has 1 aliphatic rings. The van der Waals surface area contributed by atoms with Crippen molar-refractivity contribution in [3.05, 3.63) is 0 Å². The van der Waals surface area contributed by atoms with Crippen LogP contribution in [0.4, 0.5) is 0 Å². The molecule has 0 radical (unpaired) electrons. The van der Waals surface area contributed by atoms with E-state index in [1.54, 1.807) is 0 Å². The van der Waals surface area contributed by atoms with Gasteiger partial charge in [-0.2, -0.15) is 0 Å². The molecule has 1 saturated heterocycles. The molecule has 0 saturated carbocycles. The van der Waals surface area contributed by atoms with E-state index in [9.17, 15) is 4.79 Å². The van der Waals surface area contributed by atoms with Crippen molar-refractivity contribution >= 4 is 22.6 Å². The largest absolute Gasteiger partial charge is 0.463 e. The quantitative estimate of drug-likeness (QED) is 0.335. The highest BCUT2D eigenvalue weighted by molar-refractivity contribution is 6.74. The summed E-state index contributed by atoms with van der Waals surface area (Å²) in [6.45, 7) is 25.4. The van der Waals surface area contributed by atoms with Crippen LogP contribution in [-0.2, 0) is 23.1 Å². The van der Waals surface area contributed by atoms with Gasteiger partial charge < -0.3 is 23.2 Å². The standard InChI is InChI=1S/C23H49NO5Si2/c1-17-18(16-26-19(25)14-15-24(8)9)27-21(29-31(12,13)23(5,6)7)20(17)28-30(10,11)22(2,3)4/h17-18,20-21H,14-16H2,1-13H3/t17-,18+,20?,21-/m0/s1. The Balaban J connectivity index is 2.99.